The van der Waals surface area contributed by atoms with Gasteiger partial charge in [0.25, 0.3) is 5.91 Å². The number of nitrogens with one attached hydrogen (secondary N) is 2. The number of anilines is 1. The molecule has 0 spiro atoms. The minimum Gasteiger partial charge on any atom is -0.361 e. The van der Waals surface area contributed by atoms with Crippen LogP contribution < -0.4 is 10.6 Å². The second-order valence-electron chi connectivity index (χ2n) is 4.56. The van der Waals surface area contributed by atoms with Crippen molar-refractivity contribution < 1.29 is 18.0 Å². The molecule has 7 nitrogen and oxygen atoms in total. The average molecular weight is 332 g/mol. The standard InChI is InChI=1S/C11H11F3N6OS/c12-11(13,14)6-5-22-10(17-6)16-2-1-7-18-19-8-9(21)15-3-4-20(7)8/h5H,1-4H2,(H,15,21)(H,16,17). The average Bonchev–Trinajstić information content (AvgIpc) is 3.07. The van der Waals surface area contributed by atoms with Crippen LogP contribution in [0, 0.1) is 0 Å². The van der Waals surface area contributed by atoms with E-state index >= 15 is 0 Å². The van der Waals surface area contributed by atoms with Gasteiger partial charge in [-0.1, -0.05) is 0 Å². The molecule has 3 heterocycles. The first-order valence-electron chi connectivity index (χ1n) is 6.42. The van der Waals surface area contributed by atoms with Gasteiger partial charge in [0.1, 0.15) is 5.82 Å². The summed E-state index contributed by atoms with van der Waals surface area (Å²) in [6.45, 7) is 1.44. The van der Waals surface area contributed by atoms with Gasteiger partial charge in [0.2, 0.25) is 5.82 Å². The number of aromatic nitrogens is 4. The fraction of sp³-hybridized carbons (Fsp3) is 0.455. The molecule has 1 amide bonds. The van der Waals surface area contributed by atoms with Crippen molar-refractivity contribution in [1.82, 2.24) is 25.1 Å². The van der Waals surface area contributed by atoms with Crippen LogP contribution in [0.15, 0.2) is 5.38 Å². The first-order valence-corrected chi connectivity index (χ1v) is 7.30. The van der Waals surface area contributed by atoms with Gasteiger partial charge < -0.3 is 15.2 Å². The Labute approximate surface area is 126 Å². The highest BCUT2D eigenvalue weighted by Gasteiger charge is 2.33. The minimum atomic E-state index is -4.43. The maximum atomic E-state index is 12.4. The van der Waals surface area contributed by atoms with E-state index in [4.69, 9.17) is 0 Å². The Hall–Kier alpha value is -2.17. The third-order valence-corrected chi connectivity index (χ3v) is 3.87. The predicted molar refractivity (Wildman–Crippen MR) is 71.7 cm³/mol. The molecule has 2 aromatic heterocycles. The van der Waals surface area contributed by atoms with Crippen LogP contribution >= 0.6 is 11.3 Å². The van der Waals surface area contributed by atoms with Gasteiger partial charge >= 0.3 is 6.18 Å². The number of rotatable bonds is 4. The molecular formula is C11H11F3N6OS. The summed E-state index contributed by atoms with van der Waals surface area (Å²) < 4.78 is 39.0. The Kier molecular flexibility index (Phi) is 3.72. The molecule has 0 saturated heterocycles. The lowest BCUT2D eigenvalue weighted by Crippen LogP contribution is -2.36. The van der Waals surface area contributed by atoms with Crippen molar-refractivity contribution in [1.29, 1.82) is 0 Å². The lowest BCUT2D eigenvalue weighted by molar-refractivity contribution is -0.140. The number of hydrogen-bond acceptors (Lipinski definition) is 6. The smallest absolute Gasteiger partial charge is 0.361 e. The van der Waals surface area contributed by atoms with Crippen molar-refractivity contribution in [2.75, 3.05) is 18.4 Å². The molecule has 0 fully saturated rings. The molecule has 0 atom stereocenters. The zero-order valence-electron chi connectivity index (χ0n) is 11.1. The van der Waals surface area contributed by atoms with Gasteiger partial charge in [0.05, 0.1) is 0 Å². The fourth-order valence-electron chi connectivity index (χ4n) is 2.05. The second kappa shape index (κ2) is 5.55. The topological polar surface area (TPSA) is 84.7 Å². The lowest BCUT2D eigenvalue weighted by atomic mass is 10.3. The van der Waals surface area contributed by atoms with Crippen LogP contribution in [-0.4, -0.2) is 38.7 Å². The van der Waals surface area contributed by atoms with Gasteiger partial charge in [0.15, 0.2) is 10.8 Å². The van der Waals surface area contributed by atoms with Crippen LogP contribution in [-0.2, 0) is 19.1 Å². The van der Waals surface area contributed by atoms with Crippen LogP contribution in [0.2, 0.25) is 0 Å². The van der Waals surface area contributed by atoms with Crippen LogP contribution in [0.25, 0.3) is 0 Å². The Morgan fingerprint density at radius 3 is 2.95 bits per heavy atom. The highest BCUT2D eigenvalue weighted by Crippen LogP contribution is 2.31. The summed E-state index contributed by atoms with van der Waals surface area (Å²) in [4.78, 5) is 15.0. The fourth-order valence-corrected chi connectivity index (χ4v) is 2.80. The van der Waals surface area contributed by atoms with Crippen LogP contribution in [0.1, 0.15) is 22.1 Å². The summed E-state index contributed by atoms with van der Waals surface area (Å²) in [6, 6.07) is 0. The molecule has 0 aromatic carbocycles. The largest absolute Gasteiger partial charge is 0.434 e. The molecule has 11 heteroatoms. The number of halogens is 3. The Morgan fingerprint density at radius 1 is 1.41 bits per heavy atom. The van der Waals surface area contributed by atoms with E-state index in [2.05, 4.69) is 25.8 Å². The van der Waals surface area contributed by atoms with Gasteiger partial charge in [-0.15, -0.1) is 21.5 Å². The monoisotopic (exact) mass is 332 g/mol. The van der Waals surface area contributed by atoms with Gasteiger partial charge in [0, 0.05) is 31.4 Å². The van der Waals surface area contributed by atoms with Crippen LogP contribution in [0.3, 0.4) is 0 Å². The molecule has 0 aliphatic carbocycles. The van der Waals surface area contributed by atoms with E-state index in [0.717, 1.165) is 16.7 Å². The third kappa shape index (κ3) is 2.89. The minimum absolute atomic E-state index is 0.198. The molecule has 0 radical (unpaired) electrons. The Morgan fingerprint density at radius 2 is 2.23 bits per heavy atom. The SMILES string of the molecule is O=C1NCCn2c(CCNc3nc(C(F)(F)F)cs3)nnc21. The molecule has 0 saturated carbocycles. The van der Waals surface area contributed by atoms with E-state index in [1.54, 1.807) is 4.57 Å². The first kappa shape index (κ1) is 14.8. The quantitative estimate of drug-likeness (QED) is 0.877. The maximum absolute atomic E-state index is 12.4. The van der Waals surface area contributed by atoms with E-state index < -0.39 is 11.9 Å². The van der Waals surface area contributed by atoms with Gasteiger partial charge in [-0.25, -0.2) is 4.98 Å². The molecular weight excluding hydrogens is 321 g/mol. The van der Waals surface area contributed by atoms with Gasteiger partial charge in [-0.2, -0.15) is 13.2 Å². The lowest BCUT2D eigenvalue weighted by Gasteiger charge is -2.15. The predicted octanol–water partition coefficient (Wildman–Crippen LogP) is 1.15. The highest BCUT2D eigenvalue weighted by atomic mass is 32.1. The van der Waals surface area contributed by atoms with E-state index in [1.165, 1.54) is 0 Å². The summed E-state index contributed by atoms with van der Waals surface area (Å²) in [7, 11) is 0. The number of hydrogen-bond donors (Lipinski definition) is 2. The number of carbonyl (C=O) groups is 1. The van der Waals surface area contributed by atoms with Crippen LogP contribution in [0.4, 0.5) is 18.3 Å². The number of thiazole rings is 1. The summed E-state index contributed by atoms with van der Waals surface area (Å²) in [6.07, 6.45) is -4.00. The third-order valence-electron chi connectivity index (χ3n) is 3.07. The number of fused-ring (bicyclic) bond motifs is 1. The molecule has 118 valence electrons. The zero-order chi connectivity index (χ0) is 15.7. The number of nitrogens with zero attached hydrogens (tertiary/aromatic N) is 4. The zero-order valence-corrected chi connectivity index (χ0v) is 12.0. The summed E-state index contributed by atoms with van der Waals surface area (Å²) in [5.74, 6) is 0.604. The molecule has 0 unspecified atom stereocenters. The molecule has 1 aliphatic heterocycles. The Balaban J connectivity index is 1.60. The maximum Gasteiger partial charge on any atom is 0.434 e. The molecule has 2 aromatic rings. The first-order chi connectivity index (χ1) is 10.4. The van der Waals surface area contributed by atoms with Crippen molar-refractivity contribution in [3.63, 3.8) is 0 Å². The number of carbonyl (C=O) groups excluding carboxylic acids is 1. The Bertz CT molecular complexity index is 694. The highest BCUT2D eigenvalue weighted by molar-refractivity contribution is 7.13. The van der Waals surface area contributed by atoms with Crippen molar-refractivity contribution >= 4 is 22.4 Å². The number of alkyl halides is 3. The van der Waals surface area contributed by atoms with Gasteiger partial charge in [-0.05, 0) is 0 Å². The molecule has 0 bridgehead atoms. The molecule has 2 N–H and O–H groups in total. The normalized spacial score (nSPS) is 14.6. The van der Waals surface area contributed by atoms with Gasteiger partial charge in [-0.3, -0.25) is 4.79 Å². The molecule has 1 aliphatic rings. The summed E-state index contributed by atoms with van der Waals surface area (Å²) in [5, 5.41) is 14.4. The number of amides is 1. The molecule has 3 rings (SSSR count). The van der Waals surface area contributed by atoms with Crippen molar-refractivity contribution in [2.45, 2.75) is 19.1 Å². The second-order valence-corrected chi connectivity index (χ2v) is 5.42. The van der Waals surface area contributed by atoms with Crippen molar-refractivity contribution in [2.24, 2.45) is 0 Å². The summed E-state index contributed by atoms with van der Waals surface area (Å²) >= 11 is 0.894. The molecule has 22 heavy (non-hydrogen) atoms. The van der Waals surface area contributed by atoms with Crippen molar-refractivity contribution in [3.8, 4) is 0 Å². The van der Waals surface area contributed by atoms with E-state index in [0.29, 0.717) is 31.9 Å². The van der Waals surface area contributed by atoms with E-state index in [9.17, 15) is 18.0 Å². The van der Waals surface area contributed by atoms with E-state index in [1.807, 2.05) is 0 Å². The summed E-state index contributed by atoms with van der Waals surface area (Å²) in [5.41, 5.74) is -0.906. The van der Waals surface area contributed by atoms with E-state index in [-0.39, 0.29) is 16.9 Å². The van der Waals surface area contributed by atoms with Crippen molar-refractivity contribution in [3.05, 3.63) is 22.7 Å². The van der Waals surface area contributed by atoms with Crippen LogP contribution in [0.5, 0.6) is 0 Å².